The Morgan fingerprint density at radius 2 is 2.00 bits per heavy atom. The molecule has 1 rings (SSSR count). The highest BCUT2D eigenvalue weighted by atomic mass is 16.4. The van der Waals surface area contributed by atoms with Gasteiger partial charge in [0, 0.05) is 0 Å². The van der Waals surface area contributed by atoms with Crippen LogP contribution in [0.15, 0.2) is 0 Å². The molecule has 1 aliphatic carbocycles. The fraction of sp³-hybridized carbons (Fsp3) is 0.900. The topological polar surface area (TPSA) is 37.3 Å². The predicted molar refractivity (Wildman–Crippen MR) is 47.9 cm³/mol. The van der Waals surface area contributed by atoms with Crippen molar-refractivity contribution in [3.63, 3.8) is 0 Å². The molecule has 0 aromatic heterocycles. The first kappa shape index (κ1) is 9.56. The van der Waals surface area contributed by atoms with Gasteiger partial charge in [0.05, 0.1) is 5.92 Å². The van der Waals surface area contributed by atoms with E-state index in [1.165, 1.54) is 0 Å². The minimum atomic E-state index is -0.619. The molecular weight excluding hydrogens is 152 g/mol. The summed E-state index contributed by atoms with van der Waals surface area (Å²) in [5.41, 5.74) is -0.0104. The van der Waals surface area contributed by atoms with Gasteiger partial charge in [-0.25, -0.2) is 0 Å². The molecule has 1 N–H and O–H groups in total. The lowest BCUT2D eigenvalue weighted by atomic mass is 9.65. The maximum atomic E-state index is 10.9. The van der Waals surface area contributed by atoms with Crippen molar-refractivity contribution in [3.05, 3.63) is 0 Å². The van der Waals surface area contributed by atoms with E-state index >= 15 is 0 Å². The molecule has 2 nitrogen and oxygen atoms in total. The summed E-state index contributed by atoms with van der Waals surface area (Å²) in [5.74, 6) is -0.0591. The fourth-order valence-electron chi connectivity index (χ4n) is 2.44. The maximum Gasteiger partial charge on any atom is 0.307 e. The molecule has 1 fully saturated rings. The molecule has 0 radical (unpaired) electrons. The summed E-state index contributed by atoms with van der Waals surface area (Å²) in [6.07, 6.45) is 2.97. The number of hydrogen-bond donors (Lipinski definition) is 1. The maximum absolute atomic E-state index is 10.9. The van der Waals surface area contributed by atoms with Gasteiger partial charge in [-0.2, -0.15) is 0 Å². The van der Waals surface area contributed by atoms with Gasteiger partial charge in [-0.1, -0.05) is 20.8 Å². The van der Waals surface area contributed by atoms with E-state index in [2.05, 4.69) is 20.8 Å². The Bertz CT molecular complexity index is 184. The van der Waals surface area contributed by atoms with Gasteiger partial charge in [0.15, 0.2) is 0 Å². The van der Waals surface area contributed by atoms with Crippen LogP contribution in [0.4, 0.5) is 0 Å². The third-order valence-electron chi connectivity index (χ3n) is 3.06. The summed E-state index contributed by atoms with van der Waals surface area (Å²) in [6, 6.07) is 0. The lowest BCUT2D eigenvalue weighted by Gasteiger charge is -2.38. The van der Waals surface area contributed by atoms with Crippen LogP contribution in [-0.4, -0.2) is 11.1 Å². The van der Waals surface area contributed by atoms with Crippen LogP contribution in [0, 0.1) is 17.3 Å². The molecule has 0 saturated heterocycles. The van der Waals surface area contributed by atoms with Crippen molar-refractivity contribution in [1.29, 1.82) is 0 Å². The Kier molecular flexibility index (Phi) is 2.45. The van der Waals surface area contributed by atoms with Crippen molar-refractivity contribution >= 4 is 5.97 Å². The summed E-state index contributed by atoms with van der Waals surface area (Å²) >= 11 is 0. The van der Waals surface area contributed by atoms with Gasteiger partial charge in [-0.15, -0.1) is 0 Å². The number of carbonyl (C=O) groups is 1. The summed E-state index contributed by atoms with van der Waals surface area (Å²) in [4.78, 5) is 10.9. The Balaban J connectivity index is 2.70. The lowest BCUT2D eigenvalue weighted by Crippen LogP contribution is -2.36. The molecule has 2 atom stereocenters. The highest BCUT2D eigenvalue weighted by molar-refractivity contribution is 5.71. The third-order valence-corrected chi connectivity index (χ3v) is 3.06. The van der Waals surface area contributed by atoms with Gasteiger partial charge >= 0.3 is 5.97 Å². The molecule has 0 unspecified atom stereocenters. The first-order chi connectivity index (χ1) is 5.43. The summed E-state index contributed by atoms with van der Waals surface area (Å²) in [5, 5.41) is 8.96. The van der Waals surface area contributed by atoms with E-state index in [-0.39, 0.29) is 11.3 Å². The van der Waals surface area contributed by atoms with E-state index in [1.807, 2.05) is 0 Å². The average molecular weight is 170 g/mol. The van der Waals surface area contributed by atoms with Crippen LogP contribution in [0.1, 0.15) is 40.0 Å². The molecule has 0 amide bonds. The van der Waals surface area contributed by atoms with Crippen molar-refractivity contribution in [1.82, 2.24) is 0 Å². The Morgan fingerprint density at radius 3 is 2.42 bits per heavy atom. The van der Waals surface area contributed by atoms with Crippen LogP contribution < -0.4 is 0 Å². The monoisotopic (exact) mass is 170 g/mol. The molecular formula is C10H18O2. The van der Waals surface area contributed by atoms with Crippen molar-refractivity contribution in [2.75, 3.05) is 0 Å². The van der Waals surface area contributed by atoms with Gasteiger partial charge < -0.3 is 5.11 Å². The van der Waals surface area contributed by atoms with Crippen LogP contribution in [-0.2, 0) is 4.79 Å². The molecule has 1 aliphatic rings. The standard InChI is InChI=1S/C10H18O2/c1-7-4-5-8(9(11)12)10(2,3)6-7/h7-8H,4-6H2,1-3H3,(H,11,12)/t7-,8+/m0/s1. The van der Waals surface area contributed by atoms with E-state index in [9.17, 15) is 4.79 Å². The summed E-state index contributed by atoms with van der Waals surface area (Å²) < 4.78 is 0. The first-order valence-corrected chi connectivity index (χ1v) is 4.66. The van der Waals surface area contributed by atoms with Crippen LogP contribution in [0.2, 0.25) is 0 Å². The van der Waals surface area contributed by atoms with Gasteiger partial charge in [-0.3, -0.25) is 4.79 Å². The zero-order valence-corrected chi connectivity index (χ0v) is 8.13. The molecule has 0 aliphatic heterocycles. The lowest BCUT2D eigenvalue weighted by molar-refractivity contribution is -0.148. The minimum Gasteiger partial charge on any atom is -0.481 e. The predicted octanol–water partition coefficient (Wildman–Crippen LogP) is 2.53. The molecule has 2 heteroatoms. The zero-order valence-electron chi connectivity index (χ0n) is 8.13. The van der Waals surface area contributed by atoms with Crippen molar-refractivity contribution < 1.29 is 9.90 Å². The Labute approximate surface area is 74.0 Å². The molecule has 0 bridgehead atoms. The number of carboxylic acids is 1. The number of aliphatic carboxylic acids is 1. The molecule has 0 spiro atoms. The van der Waals surface area contributed by atoms with Gasteiger partial charge in [-0.05, 0) is 30.6 Å². The minimum absolute atomic E-state index is 0.0104. The second-order valence-electron chi connectivity index (χ2n) is 4.77. The highest BCUT2D eigenvalue weighted by Crippen LogP contribution is 2.43. The zero-order chi connectivity index (χ0) is 9.35. The van der Waals surface area contributed by atoms with E-state index in [0.29, 0.717) is 5.92 Å². The largest absolute Gasteiger partial charge is 0.481 e. The van der Waals surface area contributed by atoms with E-state index in [4.69, 9.17) is 5.11 Å². The molecule has 0 heterocycles. The normalized spacial score (nSPS) is 34.6. The molecule has 0 aromatic carbocycles. The summed E-state index contributed by atoms with van der Waals surface area (Å²) in [7, 11) is 0. The van der Waals surface area contributed by atoms with Crippen LogP contribution in [0.3, 0.4) is 0 Å². The van der Waals surface area contributed by atoms with Crippen molar-refractivity contribution in [3.8, 4) is 0 Å². The SMILES string of the molecule is C[C@H]1CC[C@H](C(=O)O)C(C)(C)C1. The second-order valence-corrected chi connectivity index (χ2v) is 4.77. The smallest absolute Gasteiger partial charge is 0.307 e. The average Bonchev–Trinajstić information content (AvgIpc) is 1.82. The Morgan fingerprint density at radius 1 is 1.42 bits per heavy atom. The quantitative estimate of drug-likeness (QED) is 0.656. The van der Waals surface area contributed by atoms with E-state index in [0.717, 1.165) is 19.3 Å². The Hall–Kier alpha value is -0.530. The second kappa shape index (κ2) is 3.08. The van der Waals surface area contributed by atoms with Crippen LogP contribution >= 0.6 is 0 Å². The molecule has 12 heavy (non-hydrogen) atoms. The van der Waals surface area contributed by atoms with Gasteiger partial charge in [0.25, 0.3) is 0 Å². The van der Waals surface area contributed by atoms with Crippen molar-refractivity contribution in [2.24, 2.45) is 17.3 Å². The molecule has 0 aromatic rings. The molecule has 70 valence electrons. The van der Waals surface area contributed by atoms with E-state index in [1.54, 1.807) is 0 Å². The molecule has 1 saturated carbocycles. The van der Waals surface area contributed by atoms with Crippen LogP contribution in [0.25, 0.3) is 0 Å². The number of carboxylic acid groups (broad SMARTS) is 1. The fourth-order valence-corrected chi connectivity index (χ4v) is 2.44. The third kappa shape index (κ3) is 1.79. The number of rotatable bonds is 1. The van der Waals surface area contributed by atoms with Crippen molar-refractivity contribution in [2.45, 2.75) is 40.0 Å². The first-order valence-electron chi connectivity index (χ1n) is 4.66. The number of hydrogen-bond acceptors (Lipinski definition) is 1. The van der Waals surface area contributed by atoms with E-state index < -0.39 is 5.97 Å². The van der Waals surface area contributed by atoms with Gasteiger partial charge in [0.1, 0.15) is 0 Å². The summed E-state index contributed by atoms with van der Waals surface area (Å²) in [6.45, 7) is 6.35. The highest BCUT2D eigenvalue weighted by Gasteiger charge is 2.39. The van der Waals surface area contributed by atoms with Gasteiger partial charge in [0.2, 0.25) is 0 Å². The van der Waals surface area contributed by atoms with Crippen LogP contribution in [0.5, 0.6) is 0 Å².